The van der Waals surface area contributed by atoms with Crippen LogP contribution in [0.3, 0.4) is 0 Å². The first-order chi connectivity index (χ1) is 11.2. The van der Waals surface area contributed by atoms with Crippen molar-refractivity contribution in [2.24, 2.45) is 11.3 Å². The number of aliphatic carboxylic acids is 1. The standard InChI is InChI=1S/C19H27NO3S/c1-13(11-19(2,3)4)10-16(21)20-15(18(22)23)12-24-17(20)14-8-6-5-7-9-14/h5-9,13,15,17H,10-12H2,1-4H3,(H,22,23). The Bertz CT molecular complexity index is 582. The molecule has 1 fully saturated rings. The molecule has 0 bridgehead atoms. The smallest absolute Gasteiger partial charge is 0.327 e. The van der Waals surface area contributed by atoms with Gasteiger partial charge in [-0.2, -0.15) is 0 Å². The Morgan fingerprint density at radius 1 is 1.29 bits per heavy atom. The number of carbonyl (C=O) groups excluding carboxylic acids is 1. The van der Waals surface area contributed by atoms with Crippen LogP contribution < -0.4 is 0 Å². The highest BCUT2D eigenvalue weighted by Crippen LogP contribution is 2.42. The van der Waals surface area contributed by atoms with Crippen LogP contribution in [-0.2, 0) is 9.59 Å². The topological polar surface area (TPSA) is 57.6 Å². The van der Waals surface area contributed by atoms with Crippen molar-refractivity contribution in [1.29, 1.82) is 0 Å². The molecule has 1 aliphatic heterocycles. The van der Waals surface area contributed by atoms with Crippen LogP contribution in [0.4, 0.5) is 0 Å². The van der Waals surface area contributed by atoms with Gasteiger partial charge in [-0.25, -0.2) is 4.79 Å². The molecule has 4 nitrogen and oxygen atoms in total. The molecule has 0 saturated carbocycles. The molecule has 2 rings (SSSR count). The van der Waals surface area contributed by atoms with E-state index in [1.807, 2.05) is 30.3 Å². The number of carbonyl (C=O) groups is 2. The third-order valence-electron chi connectivity index (χ3n) is 4.14. The van der Waals surface area contributed by atoms with Crippen LogP contribution in [0.1, 0.15) is 51.5 Å². The van der Waals surface area contributed by atoms with Gasteiger partial charge in [0, 0.05) is 12.2 Å². The largest absolute Gasteiger partial charge is 0.480 e. The molecule has 5 heteroatoms. The van der Waals surface area contributed by atoms with Gasteiger partial charge in [0.25, 0.3) is 0 Å². The minimum Gasteiger partial charge on any atom is -0.480 e. The normalized spacial score (nSPS) is 22.4. The summed E-state index contributed by atoms with van der Waals surface area (Å²) in [6, 6.07) is 8.95. The van der Waals surface area contributed by atoms with Crippen molar-refractivity contribution in [3.8, 4) is 0 Å². The Balaban J connectivity index is 2.17. The van der Waals surface area contributed by atoms with Crippen LogP contribution in [0.15, 0.2) is 30.3 Å². The van der Waals surface area contributed by atoms with Crippen LogP contribution >= 0.6 is 11.8 Å². The SMILES string of the molecule is CC(CC(=O)N1C(C(=O)O)CSC1c1ccccc1)CC(C)(C)C. The number of hydrogen-bond donors (Lipinski definition) is 1. The molecule has 0 radical (unpaired) electrons. The lowest BCUT2D eigenvalue weighted by Crippen LogP contribution is -2.43. The summed E-state index contributed by atoms with van der Waals surface area (Å²) in [4.78, 5) is 26.1. The Morgan fingerprint density at radius 3 is 2.46 bits per heavy atom. The van der Waals surface area contributed by atoms with Crippen molar-refractivity contribution in [2.45, 2.75) is 52.0 Å². The quantitative estimate of drug-likeness (QED) is 0.866. The lowest BCUT2D eigenvalue weighted by Gasteiger charge is -2.30. The fraction of sp³-hybridized carbons (Fsp3) is 0.579. The summed E-state index contributed by atoms with van der Waals surface area (Å²) in [6.45, 7) is 8.55. The number of amides is 1. The molecule has 1 aliphatic rings. The van der Waals surface area contributed by atoms with Gasteiger partial charge in [-0.1, -0.05) is 58.0 Å². The molecular weight excluding hydrogens is 322 g/mol. The van der Waals surface area contributed by atoms with Gasteiger partial charge in [0.15, 0.2) is 0 Å². The fourth-order valence-electron chi connectivity index (χ4n) is 3.40. The van der Waals surface area contributed by atoms with E-state index in [4.69, 9.17) is 0 Å². The number of nitrogens with zero attached hydrogens (tertiary/aromatic N) is 1. The fourth-order valence-corrected chi connectivity index (χ4v) is 4.84. The highest BCUT2D eigenvalue weighted by molar-refractivity contribution is 7.99. The zero-order valence-electron chi connectivity index (χ0n) is 14.9. The van der Waals surface area contributed by atoms with Gasteiger partial charge in [-0.05, 0) is 23.3 Å². The lowest BCUT2D eigenvalue weighted by molar-refractivity contribution is -0.149. The molecule has 132 valence electrons. The molecule has 1 heterocycles. The van der Waals surface area contributed by atoms with Crippen molar-refractivity contribution in [3.63, 3.8) is 0 Å². The Hall–Kier alpha value is -1.49. The molecular formula is C19H27NO3S. The average Bonchev–Trinajstić information content (AvgIpc) is 2.91. The summed E-state index contributed by atoms with van der Waals surface area (Å²) in [6.07, 6.45) is 1.33. The summed E-state index contributed by atoms with van der Waals surface area (Å²) >= 11 is 1.53. The molecule has 1 saturated heterocycles. The minimum absolute atomic E-state index is 0.0574. The second-order valence-corrected chi connectivity index (χ2v) is 8.94. The molecule has 3 unspecified atom stereocenters. The first-order valence-corrected chi connectivity index (χ1v) is 9.44. The predicted octanol–water partition coefficient (Wildman–Crippen LogP) is 4.18. The molecule has 24 heavy (non-hydrogen) atoms. The number of rotatable bonds is 5. The summed E-state index contributed by atoms with van der Waals surface area (Å²) in [5.41, 5.74) is 1.15. The first kappa shape index (κ1) is 18.8. The van der Waals surface area contributed by atoms with E-state index in [0.29, 0.717) is 12.2 Å². The zero-order valence-corrected chi connectivity index (χ0v) is 15.7. The van der Waals surface area contributed by atoms with Crippen molar-refractivity contribution in [2.75, 3.05) is 5.75 Å². The molecule has 1 aromatic rings. The Morgan fingerprint density at radius 2 is 1.92 bits per heavy atom. The molecule has 0 aromatic heterocycles. The van der Waals surface area contributed by atoms with E-state index in [1.165, 1.54) is 11.8 Å². The lowest BCUT2D eigenvalue weighted by atomic mass is 9.84. The molecule has 1 aromatic carbocycles. The second kappa shape index (κ2) is 7.60. The van der Waals surface area contributed by atoms with Crippen molar-refractivity contribution >= 4 is 23.6 Å². The third kappa shape index (κ3) is 4.76. The van der Waals surface area contributed by atoms with Crippen LogP contribution in [-0.4, -0.2) is 33.7 Å². The Labute approximate surface area is 148 Å². The molecule has 0 aliphatic carbocycles. The predicted molar refractivity (Wildman–Crippen MR) is 97.8 cm³/mol. The van der Waals surface area contributed by atoms with E-state index < -0.39 is 12.0 Å². The van der Waals surface area contributed by atoms with E-state index in [0.717, 1.165) is 12.0 Å². The monoisotopic (exact) mass is 349 g/mol. The van der Waals surface area contributed by atoms with Crippen LogP contribution in [0.25, 0.3) is 0 Å². The maximum atomic E-state index is 12.9. The second-order valence-electron chi connectivity index (χ2n) is 7.83. The minimum atomic E-state index is -0.919. The summed E-state index contributed by atoms with van der Waals surface area (Å²) in [5.74, 6) is -0.307. The van der Waals surface area contributed by atoms with E-state index >= 15 is 0 Å². The van der Waals surface area contributed by atoms with E-state index in [9.17, 15) is 14.7 Å². The molecule has 1 amide bonds. The number of carboxylic acid groups (broad SMARTS) is 1. The van der Waals surface area contributed by atoms with Gasteiger partial charge in [0.1, 0.15) is 11.4 Å². The zero-order chi connectivity index (χ0) is 17.9. The number of carboxylic acids is 1. The number of hydrogen-bond acceptors (Lipinski definition) is 3. The average molecular weight is 349 g/mol. The number of thioether (sulfide) groups is 1. The van der Waals surface area contributed by atoms with Gasteiger partial charge in [-0.3, -0.25) is 4.79 Å². The van der Waals surface area contributed by atoms with Crippen LogP contribution in [0.5, 0.6) is 0 Å². The summed E-state index contributed by atoms with van der Waals surface area (Å²) in [5, 5.41) is 9.30. The van der Waals surface area contributed by atoms with Crippen LogP contribution in [0, 0.1) is 11.3 Å². The van der Waals surface area contributed by atoms with Crippen LogP contribution in [0.2, 0.25) is 0 Å². The summed E-state index contributed by atoms with van der Waals surface area (Å²) in [7, 11) is 0. The summed E-state index contributed by atoms with van der Waals surface area (Å²) < 4.78 is 0. The number of benzene rings is 1. The van der Waals surface area contributed by atoms with E-state index in [2.05, 4.69) is 27.7 Å². The van der Waals surface area contributed by atoms with Crippen molar-refractivity contribution in [1.82, 2.24) is 4.90 Å². The maximum Gasteiger partial charge on any atom is 0.327 e. The molecule has 1 N–H and O–H groups in total. The first-order valence-electron chi connectivity index (χ1n) is 8.39. The maximum absolute atomic E-state index is 12.9. The highest BCUT2D eigenvalue weighted by Gasteiger charge is 2.42. The van der Waals surface area contributed by atoms with Gasteiger partial charge < -0.3 is 10.0 Å². The Kier molecular flexibility index (Phi) is 5.97. The third-order valence-corrected chi connectivity index (χ3v) is 5.47. The van der Waals surface area contributed by atoms with Gasteiger partial charge >= 0.3 is 5.97 Å². The van der Waals surface area contributed by atoms with Gasteiger partial charge in [-0.15, -0.1) is 11.8 Å². The van der Waals surface area contributed by atoms with E-state index in [-0.39, 0.29) is 22.6 Å². The molecule has 3 atom stereocenters. The highest BCUT2D eigenvalue weighted by atomic mass is 32.2. The van der Waals surface area contributed by atoms with E-state index in [1.54, 1.807) is 4.90 Å². The molecule has 0 spiro atoms. The van der Waals surface area contributed by atoms with Gasteiger partial charge in [0.2, 0.25) is 5.91 Å². The van der Waals surface area contributed by atoms with Gasteiger partial charge in [0.05, 0.1) is 0 Å². The van der Waals surface area contributed by atoms with Crippen molar-refractivity contribution < 1.29 is 14.7 Å². The van der Waals surface area contributed by atoms with Crippen molar-refractivity contribution in [3.05, 3.63) is 35.9 Å².